The largest absolute Gasteiger partial charge is 0.496 e. The SMILES string of the molecule is COc1ccccc1C(C)(Nc1cccc(F)c1)C(N)=O. The van der Waals surface area contributed by atoms with Gasteiger partial charge in [0.05, 0.1) is 7.11 Å². The van der Waals surface area contributed by atoms with Gasteiger partial charge in [-0.3, -0.25) is 4.79 Å². The van der Waals surface area contributed by atoms with Crippen LogP contribution in [0.25, 0.3) is 0 Å². The zero-order valence-corrected chi connectivity index (χ0v) is 11.9. The predicted molar refractivity (Wildman–Crippen MR) is 79.6 cm³/mol. The molecule has 5 heteroatoms. The molecule has 2 rings (SSSR count). The van der Waals surface area contributed by atoms with Crippen LogP contribution in [0.2, 0.25) is 0 Å². The molecule has 0 aliphatic heterocycles. The molecular weight excluding hydrogens is 271 g/mol. The molecule has 0 saturated carbocycles. The van der Waals surface area contributed by atoms with Crippen molar-refractivity contribution in [3.05, 3.63) is 59.9 Å². The molecule has 0 spiro atoms. The van der Waals surface area contributed by atoms with E-state index in [2.05, 4.69) is 5.32 Å². The van der Waals surface area contributed by atoms with Crippen molar-refractivity contribution in [1.82, 2.24) is 0 Å². The molecule has 0 aliphatic rings. The Hall–Kier alpha value is -2.56. The van der Waals surface area contributed by atoms with Crippen molar-refractivity contribution in [3.63, 3.8) is 0 Å². The van der Waals surface area contributed by atoms with E-state index in [4.69, 9.17) is 10.5 Å². The first-order valence-corrected chi connectivity index (χ1v) is 6.44. The van der Waals surface area contributed by atoms with Gasteiger partial charge in [-0.1, -0.05) is 24.3 Å². The van der Waals surface area contributed by atoms with Gasteiger partial charge in [0.2, 0.25) is 5.91 Å². The number of carbonyl (C=O) groups is 1. The predicted octanol–water partition coefficient (Wildman–Crippen LogP) is 2.65. The van der Waals surface area contributed by atoms with Gasteiger partial charge in [0.15, 0.2) is 0 Å². The number of halogens is 1. The lowest BCUT2D eigenvalue weighted by Gasteiger charge is -2.30. The fourth-order valence-corrected chi connectivity index (χ4v) is 2.17. The van der Waals surface area contributed by atoms with Gasteiger partial charge in [0.25, 0.3) is 0 Å². The van der Waals surface area contributed by atoms with Gasteiger partial charge in [-0.15, -0.1) is 0 Å². The van der Waals surface area contributed by atoms with Crippen LogP contribution >= 0.6 is 0 Å². The first-order valence-electron chi connectivity index (χ1n) is 6.44. The molecule has 2 aromatic rings. The van der Waals surface area contributed by atoms with Crippen LogP contribution in [-0.2, 0) is 10.3 Å². The smallest absolute Gasteiger partial charge is 0.247 e. The molecule has 21 heavy (non-hydrogen) atoms. The Morgan fingerprint density at radius 2 is 1.95 bits per heavy atom. The number of hydrogen-bond acceptors (Lipinski definition) is 3. The minimum Gasteiger partial charge on any atom is -0.496 e. The quantitative estimate of drug-likeness (QED) is 0.889. The van der Waals surface area contributed by atoms with Crippen molar-refractivity contribution in [2.45, 2.75) is 12.5 Å². The van der Waals surface area contributed by atoms with Crippen molar-refractivity contribution in [3.8, 4) is 5.75 Å². The van der Waals surface area contributed by atoms with Crippen LogP contribution in [0.3, 0.4) is 0 Å². The number of nitrogens with two attached hydrogens (primary N) is 1. The van der Waals surface area contributed by atoms with Crippen LogP contribution in [0.15, 0.2) is 48.5 Å². The van der Waals surface area contributed by atoms with Crippen molar-refractivity contribution in [1.29, 1.82) is 0 Å². The summed E-state index contributed by atoms with van der Waals surface area (Å²) in [6.07, 6.45) is 0. The summed E-state index contributed by atoms with van der Waals surface area (Å²) < 4.78 is 18.6. The second-order valence-corrected chi connectivity index (χ2v) is 4.82. The molecule has 0 radical (unpaired) electrons. The summed E-state index contributed by atoms with van der Waals surface area (Å²) in [4.78, 5) is 12.0. The van der Waals surface area contributed by atoms with Crippen molar-refractivity contribution >= 4 is 11.6 Å². The summed E-state index contributed by atoms with van der Waals surface area (Å²) in [6, 6.07) is 12.9. The molecule has 1 unspecified atom stereocenters. The molecule has 1 atom stereocenters. The maximum atomic E-state index is 13.3. The van der Waals surface area contributed by atoms with E-state index in [-0.39, 0.29) is 0 Å². The van der Waals surface area contributed by atoms with E-state index in [1.165, 1.54) is 19.2 Å². The zero-order chi connectivity index (χ0) is 15.5. The number of rotatable bonds is 5. The highest BCUT2D eigenvalue weighted by atomic mass is 19.1. The number of anilines is 1. The van der Waals surface area contributed by atoms with Gasteiger partial charge in [0, 0.05) is 11.3 Å². The Bertz CT molecular complexity index is 660. The fraction of sp³-hybridized carbons (Fsp3) is 0.188. The van der Waals surface area contributed by atoms with Crippen molar-refractivity contribution in [2.75, 3.05) is 12.4 Å². The summed E-state index contributed by atoms with van der Waals surface area (Å²) in [5, 5.41) is 2.99. The fourth-order valence-electron chi connectivity index (χ4n) is 2.17. The van der Waals surface area contributed by atoms with Crippen molar-refractivity contribution in [2.24, 2.45) is 5.73 Å². The number of hydrogen-bond donors (Lipinski definition) is 2. The van der Waals surface area contributed by atoms with E-state index in [1.807, 2.05) is 0 Å². The summed E-state index contributed by atoms with van der Waals surface area (Å²) in [7, 11) is 1.52. The number of carbonyl (C=O) groups excluding carboxylic acids is 1. The van der Waals surface area contributed by atoms with E-state index >= 15 is 0 Å². The Labute approximate surface area is 122 Å². The number of amides is 1. The van der Waals surface area contributed by atoms with Gasteiger partial charge >= 0.3 is 0 Å². The molecule has 0 fully saturated rings. The minimum atomic E-state index is -1.22. The summed E-state index contributed by atoms with van der Waals surface area (Å²) in [5.41, 5.74) is 5.39. The Morgan fingerprint density at radius 3 is 2.57 bits per heavy atom. The highest BCUT2D eigenvalue weighted by Crippen LogP contribution is 2.32. The number of ether oxygens (including phenoxy) is 1. The molecular formula is C16H17FN2O2. The average molecular weight is 288 g/mol. The lowest BCUT2D eigenvalue weighted by Crippen LogP contribution is -2.45. The highest BCUT2D eigenvalue weighted by Gasteiger charge is 2.35. The van der Waals surface area contributed by atoms with Gasteiger partial charge in [-0.2, -0.15) is 0 Å². The van der Waals surface area contributed by atoms with E-state index in [9.17, 15) is 9.18 Å². The Balaban J connectivity index is 2.48. The van der Waals surface area contributed by atoms with E-state index in [0.717, 1.165) is 0 Å². The number of nitrogens with one attached hydrogen (secondary N) is 1. The van der Waals surface area contributed by atoms with E-state index in [1.54, 1.807) is 43.3 Å². The number of primary amides is 1. The molecule has 4 nitrogen and oxygen atoms in total. The Kier molecular flexibility index (Phi) is 4.12. The first-order chi connectivity index (χ1) is 9.97. The molecule has 0 heterocycles. The summed E-state index contributed by atoms with van der Waals surface area (Å²) in [5.74, 6) is -0.453. The van der Waals surface area contributed by atoms with Crippen LogP contribution in [0.1, 0.15) is 12.5 Å². The van der Waals surface area contributed by atoms with E-state index < -0.39 is 17.3 Å². The second kappa shape index (κ2) is 5.83. The number of para-hydroxylation sites is 1. The van der Waals surface area contributed by atoms with Crippen LogP contribution in [-0.4, -0.2) is 13.0 Å². The van der Waals surface area contributed by atoms with Gasteiger partial charge in [-0.05, 0) is 31.2 Å². The Morgan fingerprint density at radius 1 is 1.24 bits per heavy atom. The third-order valence-corrected chi connectivity index (χ3v) is 3.36. The molecule has 2 aromatic carbocycles. The number of benzene rings is 2. The topological polar surface area (TPSA) is 64.3 Å². The standard InChI is InChI=1S/C16H17FN2O2/c1-16(15(18)20,13-8-3-4-9-14(13)21-2)19-12-7-5-6-11(17)10-12/h3-10,19H,1-2H3,(H2,18,20). The number of methoxy groups -OCH3 is 1. The maximum Gasteiger partial charge on any atom is 0.247 e. The van der Waals surface area contributed by atoms with Crippen LogP contribution in [0.5, 0.6) is 5.75 Å². The lowest BCUT2D eigenvalue weighted by molar-refractivity contribution is -0.122. The van der Waals surface area contributed by atoms with Crippen LogP contribution in [0.4, 0.5) is 10.1 Å². The van der Waals surface area contributed by atoms with E-state index in [0.29, 0.717) is 17.0 Å². The molecule has 1 amide bonds. The molecule has 0 bridgehead atoms. The lowest BCUT2D eigenvalue weighted by atomic mass is 9.90. The normalized spacial score (nSPS) is 13.3. The van der Waals surface area contributed by atoms with Crippen molar-refractivity contribution < 1.29 is 13.9 Å². The van der Waals surface area contributed by atoms with Gasteiger partial charge < -0.3 is 15.8 Å². The maximum absolute atomic E-state index is 13.3. The van der Waals surface area contributed by atoms with Crippen LogP contribution < -0.4 is 15.8 Å². The molecule has 0 aliphatic carbocycles. The molecule has 0 aromatic heterocycles. The molecule has 0 saturated heterocycles. The second-order valence-electron chi connectivity index (χ2n) is 4.82. The molecule has 110 valence electrons. The third kappa shape index (κ3) is 2.97. The van der Waals surface area contributed by atoms with Crippen LogP contribution in [0, 0.1) is 5.82 Å². The summed E-state index contributed by atoms with van der Waals surface area (Å²) >= 11 is 0. The molecule has 3 N–H and O–H groups in total. The minimum absolute atomic E-state index is 0.396. The summed E-state index contributed by atoms with van der Waals surface area (Å²) in [6.45, 7) is 1.64. The monoisotopic (exact) mass is 288 g/mol. The zero-order valence-electron chi connectivity index (χ0n) is 11.9. The third-order valence-electron chi connectivity index (χ3n) is 3.36. The highest BCUT2D eigenvalue weighted by molar-refractivity contribution is 5.89. The first kappa shape index (κ1) is 14.8. The van der Waals surface area contributed by atoms with Gasteiger partial charge in [-0.25, -0.2) is 4.39 Å². The average Bonchev–Trinajstić information content (AvgIpc) is 2.47. The van der Waals surface area contributed by atoms with Gasteiger partial charge in [0.1, 0.15) is 17.1 Å².